The maximum atomic E-state index is 5.54. The van der Waals surface area contributed by atoms with Gasteiger partial charge in [0.2, 0.25) is 0 Å². The molecule has 2 aliphatic rings. The molecule has 0 amide bonds. The smallest absolute Gasteiger partial charge is 0.144 e. The summed E-state index contributed by atoms with van der Waals surface area (Å²) in [6.07, 6.45) is 7.36. The summed E-state index contributed by atoms with van der Waals surface area (Å²) >= 11 is 0. The predicted octanol–water partition coefficient (Wildman–Crippen LogP) is 3.78. The summed E-state index contributed by atoms with van der Waals surface area (Å²) in [6.45, 7) is 0. The maximum absolute atomic E-state index is 5.54. The Hall–Kier alpha value is -2.22. The van der Waals surface area contributed by atoms with Crippen LogP contribution in [0.15, 0.2) is 47.6 Å². The summed E-state index contributed by atoms with van der Waals surface area (Å²) in [7, 11) is 1.70. The first-order valence-electron chi connectivity index (χ1n) is 6.93. The molecule has 0 N–H and O–H groups in total. The maximum Gasteiger partial charge on any atom is 0.144 e. The Morgan fingerprint density at radius 2 is 2.10 bits per heavy atom. The highest BCUT2D eigenvalue weighted by Gasteiger charge is 2.13. The monoisotopic (exact) mass is 260 g/mol. The third-order valence-electron chi connectivity index (χ3n) is 3.61. The van der Waals surface area contributed by atoms with Gasteiger partial charge in [0.15, 0.2) is 0 Å². The van der Waals surface area contributed by atoms with Crippen LogP contribution in [0.4, 0.5) is 0 Å². The molecule has 0 aromatic heterocycles. The highest BCUT2D eigenvalue weighted by Crippen LogP contribution is 2.25. The van der Waals surface area contributed by atoms with Crippen molar-refractivity contribution in [2.24, 2.45) is 0 Å². The zero-order chi connectivity index (χ0) is 13.8. The number of hydrogen-bond donors (Lipinski definition) is 0. The first-order valence-corrected chi connectivity index (χ1v) is 6.93. The van der Waals surface area contributed by atoms with E-state index in [0.717, 1.165) is 29.5 Å². The topological polar surface area (TPSA) is 9.23 Å². The van der Waals surface area contributed by atoms with Crippen molar-refractivity contribution in [2.75, 3.05) is 7.11 Å². The van der Waals surface area contributed by atoms with E-state index in [0.29, 0.717) is 0 Å². The lowest BCUT2D eigenvalue weighted by Crippen LogP contribution is -2.03. The van der Waals surface area contributed by atoms with Crippen LogP contribution in [0.25, 0.3) is 0 Å². The van der Waals surface area contributed by atoms with Crippen molar-refractivity contribution in [3.05, 3.63) is 58.7 Å². The number of fused-ring (bicyclic) bond motifs is 2. The van der Waals surface area contributed by atoms with Crippen LogP contribution in [0.5, 0.6) is 0 Å². The summed E-state index contributed by atoms with van der Waals surface area (Å²) < 4.78 is 5.54. The molecule has 0 spiro atoms. The first kappa shape index (κ1) is 12.8. The van der Waals surface area contributed by atoms with Gasteiger partial charge in [-0.05, 0) is 37.0 Å². The number of hydrogen-bond acceptors (Lipinski definition) is 1. The van der Waals surface area contributed by atoms with Crippen molar-refractivity contribution in [1.29, 1.82) is 0 Å². The lowest BCUT2D eigenvalue weighted by Gasteiger charge is -2.14. The van der Waals surface area contributed by atoms with Crippen molar-refractivity contribution < 1.29 is 4.74 Å². The number of allylic oxidation sites excluding steroid dienone is 4. The van der Waals surface area contributed by atoms with Gasteiger partial charge in [0.05, 0.1) is 0 Å². The summed E-state index contributed by atoms with van der Waals surface area (Å²) in [5, 5.41) is 0. The molecule has 0 heterocycles. The average molecular weight is 260 g/mol. The predicted molar refractivity (Wildman–Crippen MR) is 80.9 cm³/mol. The van der Waals surface area contributed by atoms with Crippen molar-refractivity contribution in [1.82, 2.24) is 0 Å². The fraction of sp³-hybridized carbons (Fsp3) is 0.263. The largest absolute Gasteiger partial charge is 0.364 e. The molecule has 1 heteroatoms. The Morgan fingerprint density at radius 3 is 3.00 bits per heavy atom. The van der Waals surface area contributed by atoms with E-state index in [-0.39, 0.29) is 6.10 Å². The van der Waals surface area contributed by atoms with Gasteiger partial charge >= 0.3 is 0 Å². The zero-order valence-electron chi connectivity index (χ0n) is 11.6. The molecule has 0 saturated heterocycles. The minimum absolute atomic E-state index is 0.220. The summed E-state index contributed by atoms with van der Waals surface area (Å²) in [5.41, 5.74) is 4.41. The average Bonchev–Trinajstić information content (AvgIpc) is 2.50. The van der Waals surface area contributed by atoms with Gasteiger partial charge in [-0.1, -0.05) is 48.0 Å². The molecular weight excluding hydrogens is 244 g/mol. The zero-order valence-corrected chi connectivity index (χ0v) is 11.6. The Balaban J connectivity index is 2.15. The van der Waals surface area contributed by atoms with E-state index < -0.39 is 0 Å². The number of ether oxygens (including phenoxy) is 1. The highest BCUT2D eigenvalue weighted by atomic mass is 16.5. The van der Waals surface area contributed by atoms with E-state index in [2.05, 4.69) is 29.8 Å². The standard InChI is InChI=1S/C19H16O/c1-20-19-14-13-16-8-3-2-7-15(16)10-6-11-17-9-4-5-12-18(17)19/h4-5,8-10,12,19H,2-3,7H2,1H3/b15-10+. The van der Waals surface area contributed by atoms with E-state index in [1.54, 1.807) is 7.11 Å². The molecule has 2 aliphatic carbocycles. The van der Waals surface area contributed by atoms with Crippen LogP contribution in [-0.2, 0) is 4.74 Å². The molecular formula is C19H16O. The lowest BCUT2D eigenvalue weighted by atomic mass is 9.92. The van der Waals surface area contributed by atoms with Crippen LogP contribution in [0.2, 0.25) is 0 Å². The fourth-order valence-electron chi connectivity index (χ4n) is 2.53. The molecule has 1 atom stereocenters. The minimum atomic E-state index is -0.220. The summed E-state index contributed by atoms with van der Waals surface area (Å²) in [5.74, 6) is 12.9. The number of rotatable bonds is 1. The first-order chi connectivity index (χ1) is 9.88. The molecule has 98 valence electrons. The quantitative estimate of drug-likeness (QED) is 0.698. The van der Waals surface area contributed by atoms with Crippen LogP contribution in [-0.4, -0.2) is 7.11 Å². The van der Waals surface area contributed by atoms with Gasteiger partial charge in [-0.15, -0.1) is 0 Å². The second-order valence-electron chi connectivity index (χ2n) is 4.92. The fourth-order valence-corrected chi connectivity index (χ4v) is 2.53. The molecule has 1 nitrogen and oxygen atoms in total. The van der Waals surface area contributed by atoms with E-state index in [9.17, 15) is 0 Å². The SMILES string of the molecule is COC1C#CC2=CCCC/C2=C\C#Cc2ccccc21. The Bertz CT molecular complexity index is 699. The molecule has 20 heavy (non-hydrogen) atoms. The number of benzene rings is 1. The summed E-state index contributed by atoms with van der Waals surface area (Å²) in [4.78, 5) is 0. The molecule has 1 aromatic carbocycles. The molecule has 1 unspecified atom stereocenters. The molecule has 0 radical (unpaired) electrons. The van der Waals surface area contributed by atoms with E-state index in [1.807, 2.05) is 30.3 Å². The van der Waals surface area contributed by atoms with E-state index >= 15 is 0 Å². The van der Waals surface area contributed by atoms with Gasteiger partial charge in [0, 0.05) is 23.8 Å². The third-order valence-corrected chi connectivity index (χ3v) is 3.61. The number of methoxy groups -OCH3 is 1. The summed E-state index contributed by atoms with van der Waals surface area (Å²) in [6, 6.07) is 8.06. The van der Waals surface area contributed by atoms with Crippen LogP contribution >= 0.6 is 0 Å². The Morgan fingerprint density at radius 1 is 1.20 bits per heavy atom. The molecule has 0 fully saturated rings. The third kappa shape index (κ3) is 2.55. The lowest BCUT2D eigenvalue weighted by molar-refractivity contribution is 0.150. The normalized spacial score (nSPS) is 22.6. The Labute approximate surface area is 120 Å². The van der Waals surface area contributed by atoms with Crippen LogP contribution < -0.4 is 0 Å². The molecule has 0 saturated carbocycles. The van der Waals surface area contributed by atoms with Crippen LogP contribution in [0, 0.1) is 23.7 Å². The highest BCUT2D eigenvalue weighted by molar-refractivity contribution is 5.54. The van der Waals surface area contributed by atoms with E-state index in [1.165, 1.54) is 12.0 Å². The Kier molecular flexibility index (Phi) is 3.73. The molecule has 0 aliphatic heterocycles. The van der Waals surface area contributed by atoms with Crippen molar-refractivity contribution in [2.45, 2.75) is 25.4 Å². The van der Waals surface area contributed by atoms with E-state index in [4.69, 9.17) is 4.74 Å². The van der Waals surface area contributed by atoms with Gasteiger partial charge in [0.25, 0.3) is 0 Å². The van der Waals surface area contributed by atoms with Crippen molar-refractivity contribution in [3.63, 3.8) is 0 Å². The van der Waals surface area contributed by atoms with Crippen LogP contribution in [0.3, 0.4) is 0 Å². The van der Waals surface area contributed by atoms with Gasteiger partial charge in [0.1, 0.15) is 6.10 Å². The molecule has 3 rings (SSSR count). The molecule has 0 bridgehead atoms. The second kappa shape index (κ2) is 5.83. The second-order valence-corrected chi connectivity index (χ2v) is 4.92. The van der Waals surface area contributed by atoms with Gasteiger partial charge in [-0.3, -0.25) is 0 Å². The van der Waals surface area contributed by atoms with Crippen molar-refractivity contribution in [3.8, 4) is 23.7 Å². The van der Waals surface area contributed by atoms with Gasteiger partial charge < -0.3 is 4.74 Å². The van der Waals surface area contributed by atoms with Gasteiger partial charge in [-0.2, -0.15) is 0 Å². The van der Waals surface area contributed by atoms with Crippen molar-refractivity contribution >= 4 is 0 Å². The minimum Gasteiger partial charge on any atom is -0.364 e. The van der Waals surface area contributed by atoms with Crippen LogP contribution in [0.1, 0.15) is 36.5 Å². The molecule has 1 aromatic rings. The van der Waals surface area contributed by atoms with Gasteiger partial charge in [-0.25, -0.2) is 0 Å².